The van der Waals surface area contributed by atoms with Gasteiger partial charge >= 0.3 is 5.97 Å². The molecule has 3 heteroatoms. The van der Waals surface area contributed by atoms with Crippen LogP contribution in [-0.4, -0.2) is 24.7 Å². The number of hydrogen-bond donors (Lipinski definition) is 0. The zero-order chi connectivity index (χ0) is 15.1. The Kier molecular flexibility index (Phi) is 3.63. The molecule has 20 heavy (non-hydrogen) atoms. The average molecular weight is 273 g/mol. The maximum Gasteiger partial charge on any atom is 0.328 e. The SMILES string of the molecule is COC(=O)[C@@H](C)N1c2ccc(C)cc2C(C)=CC1(C)C. The summed E-state index contributed by atoms with van der Waals surface area (Å²) in [7, 11) is 1.44. The highest BCUT2D eigenvalue weighted by Crippen LogP contribution is 2.40. The minimum absolute atomic E-state index is 0.211. The molecule has 108 valence electrons. The molecule has 0 N–H and O–H groups in total. The van der Waals surface area contributed by atoms with E-state index >= 15 is 0 Å². The van der Waals surface area contributed by atoms with Gasteiger partial charge in [-0.2, -0.15) is 0 Å². The highest BCUT2D eigenvalue weighted by Gasteiger charge is 2.37. The number of fused-ring (bicyclic) bond motifs is 1. The van der Waals surface area contributed by atoms with Crippen LogP contribution in [0.1, 0.15) is 38.8 Å². The molecule has 3 nitrogen and oxygen atoms in total. The quantitative estimate of drug-likeness (QED) is 0.772. The van der Waals surface area contributed by atoms with Gasteiger partial charge in [-0.15, -0.1) is 0 Å². The third-order valence-electron chi connectivity index (χ3n) is 3.96. The van der Waals surface area contributed by atoms with Gasteiger partial charge in [0.25, 0.3) is 0 Å². The van der Waals surface area contributed by atoms with Gasteiger partial charge in [-0.3, -0.25) is 0 Å². The van der Waals surface area contributed by atoms with Crippen LogP contribution in [0, 0.1) is 6.92 Å². The van der Waals surface area contributed by atoms with Crippen LogP contribution in [0.25, 0.3) is 5.57 Å². The summed E-state index contributed by atoms with van der Waals surface area (Å²) >= 11 is 0. The molecule has 0 amide bonds. The molecule has 0 radical (unpaired) electrons. The van der Waals surface area contributed by atoms with Gasteiger partial charge < -0.3 is 9.64 Å². The van der Waals surface area contributed by atoms with Gasteiger partial charge in [-0.05, 0) is 52.3 Å². The number of esters is 1. The first-order chi connectivity index (χ1) is 9.27. The Morgan fingerprint density at radius 3 is 2.55 bits per heavy atom. The van der Waals surface area contributed by atoms with Crippen LogP contribution in [0.15, 0.2) is 24.3 Å². The predicted molar refractivity (Wildman–Crippen MR) is 82.9 cm³/mol. The summed E-state index contributed by atoms with van der Waals surface area (Å²) in [6, 6.07) is 6.04. The van der Waals surface area contributed by atoms with Crippen LogP contribution in [0.5, 0.6) is 0 Å². The van der Waals surface area contributed by atoms with Crippen molar-refractivity contribution in [3.8, 4) is 0 Å². The molecule has 0 aromatic heterocycles. The highest BCUT2D eigenvalue weighted by molar-refractivity contribution is 5.87. The lowest BCUT2D eigenvalue weighted by molar-refractivity contribution is -0.142. The first-order valence-corrected chi connectivity index (χ1v) is 6.95. The van der Waals surface area contributed by atoms with Crippen LogP contribution in [0.2, 0.25) is 0 Å². The molecule has 2 rings (SSSR count). The number of methoxy groups -OCH3 is 1. The molecule has 0 bridgehead atoms. The van der Waals surface area contributed by atoms with Crippen molar-refractivity contribution in [2.24, 2.45) is 0 Å². The second-order valence-corrected chi connectivity index (χ2v) is 6.07. The molecular formula is C17H23NO2. The number of rotatable bonds is 2. The van der Waals surface area contributed by atoms with E-state index in [1.165, 1.54) is 23.8 Å². The van der Waals surface area contributed by atoms with E-state index in [2.05, 4.69) is 56.9 Å². The van der Waals surface area contributed by atoms with Crippen molar-refractivity contribution in [2.45, 2.75) is 46.2 Å². The molecule has 0 saturated heterocycles. The van der Waals surface area contributed by atoms with Gasteiger partial charge in [-0.25, -0.2) is 4.79 Å². The fourth-order valence-corrected chi connectivity index (χ4v) is 3.15. The first kappa shape index (κ1) is 14.6. The Morgan fingerprint density at radius 1 is 1.30 bits per heavy atom. The van der Waals surface area contributed by atoms with Crippen LogP contribution in [-0.2, 0) is 9.53 Å². The molecule has 1 aromatic carbocycles. The van der Waals surface area contributed by atoms with Crippen LogP contribution in [0.3, 0.4) is 0 Å². The smallest absolute Gasteiger partial charge is 0.328 e. The Bertz CT molecular complexity index is 572. The summed E-state index contributed by atoms with van der Waals surface area (Å²) in [5, 5.41) is 0. The minimum Gasteiger partial charge on any atom is -0.467 e. The molecular weight excluding hydrogens is 250 g/mol. The number of hydrogen-bond acceptors (Lipinski definition) is 3. The van der Waals surface area contributed by atoms with Crippen molar-refractivity contribution in [2.75, 3.05) is 12.0 Å². The maximum absolute atomic E-state index is 12.0. The molecule has 0 unspecified atom stereocenters. The summed E-state index contributed by atoms with van der Waals surface area (Å²) < 4.78 is 4.92. The van der Waals surface area contributed by atoms with E-state index in [1.807, 2.05) is 6.92 Å². The van der Waals surface area contributed by atoms with Gasteiger partial charge in [0.1, 0.15) is 6.04 Å². The summed E-state index contributed by atoms with van der Waals surface area (Å²) in [4.78, 5) is 14.1. The molecule has 0 aliphatic carbocycles. The lowest BCUT2D eigenvalue weighted by Crippen LogP contribution is -2.53. The van der Waals surface area contributed by atoms with E-state index < -0.39 is 0 Å². The van der Waals surface area contributed by atoms with Crippen molar-refractivity contribution in [1.82, 2.24) is 0 Å². The van der Waals surface area contributed by atoms with Crippen molar-refractivity contribution >= 4 is 17.2 Å². The van der Waals surface area contributed by atoms with Gasteiger partial charge in [0, 0.05) is 11.3 Å². The fraction of sp³-hybridized carbons (Fsp3) is 0.471. The lowest BCUT2D eigenvalue weighted by atomic mass is 9.87. The summed E-state index contributed by atoms with van der Waals surface area (Å²) in [6.45, 7) is 10.4. The zero-order valence-electron chi connectivity index (χ0n) is 13.2. The Morgan fingerprint density at radius 2 is 1.95 bits per heavy atom. The Labute approximate surface area is 121 Å². The molecule has 1 aliphatic rings. The monoisotopic (exact) mass is 273 g/mol. The number of nitrogens with zero attached hydrogens (tertiary/aromatic N) is 1. The summed E-state index contributed by atoms with van der Waals surface area (Å²) in [5.74, 6) is -0.211. The average Bonchev–Trinajstić information content (AvgIpc) is 2.37. The van der Waals surface area contributed by atoms with Crippen molar-refractivity contribution < 1.29 is 9.53 Å². The van der Waals surface area contributed by atoms with Crippen molar-refractivity contribution in [1.29, 1.82) is 0 Å². The second-order valence-electron chi connectivity index (χ2n) is 6.07. The van der Waals surface area contributed by atoms with Crippen molar-refractivity contribution in [3.63, 3.8) is 0 Å². The van der Waals surface area contributed by atoms with Gasteiger partial charge in [0.2, 0.25) is 0 Å². The third-order valence-corrected chi connectivity index (χ3v) is 3.96. The molecule has 1 heterocycles. The molecule has 0 spiro atoms. The summed E-state index contributed by atoms with van der Waals surface area (Å²) in [6.07, 6.45) is 2.22. The van der Waals surface area contributed by atoms with Gasteiger partial charge in [-0.1, -0.05) is 17.7 Å². The van der Waals surface area contributed by atoms with E-state index in [0.29, 0.717) is 0 Å². The molecule has 1 aromatic rings. The topological polar surface area (TPSA) is 29.5 Å². The maximum atomic E-state index is 12.0. The van der Waals surface area contributed by atoms with E-state index in [-0.39, 0.29) is 17.6 Å². The Hall–Kier alpha value is -1.77. The van der Waals surface area contributed by atoms with Gasteiger partial charge in [0.05, 0.1) is 12.6 Å². The molecule has 0 saturated carbocycles. The number of benzene rings is 1. The molecule has 0 fully saturated rings. The number of aryl methyl sites for hydroxylation is 1. The van der Waals surface area contributed by atoms with E-state index in [0.717, 1.165) is 5.69 Å². The van der Waals surface area contributed by atoms with E-state index in [1.54, 1.807) is 0 Å². The van der Waals surface area contributed by atoms with Gasteiger partial charge in [0.15, 0.2) is 0 Å². The van der Waals surface area contributed by atoms with Crippen LogP contribution < -0.4 is 4.90 Å². The number of carbonyl (C=O) groups excluding carboxylic acids is 1. The predicted octanol–water partition coefficient (Wildman–Crippen LogP) is 3.56. The Balaban J connectivity index is 2.59. The van der Waals surface area contributed by atoms with Crippen LogP contribution in [0.4, 0.5) is 5.69 Å². The fourth-order valence-electron chi connectivity index (χ4n) is 3.15. The minimum atomic E-state index is -0.319. The number of ether oxygens (including phenoxy) is 1. The second kappa shape index (κ2) is 4.97. The zero-order valence-corrected chi connectivity index (χ0v) is 13.2. The van der Waals surface area contributed by atoms with Crippen molar-refractivity contribution in [3.05, 3.63) is 35.4 Å². The van der Waals surface area contributed by atoms with Crippen LogP contribution >= 0.6 is 0 Å². The normalized spacial score (nSPS) is 18.1. The molecule has 1 atom stereocenters. The molecule has 1 aliphatic heterocycles. The number of allylic oxidation sites excluding steroid dienone is 1. The number of carbonyl (C=O) groups is 1. The first-order valence-electron chi connectivity index (χ1n) is 6.95. The number of anilines is 1. The largest absolute Gasteiger partial charge is 0.467 e. The lowest BCUT2D eigenvalue weighted by Gasteiger charge is -2.45. The third kappa shape index (κ3) is 2.33. The van der Waals surface area contributed by atoms with E-state index in [4.69, 9.17) is 4.74 Å². The highest BCUT2D eigenvalue weighted by atomic mass is 16.5. The van der Waals surface area contributed by atoms with E-state index in [9.17, 15) is 4.79 Å². The standard InChI is InChI=1S/C17H23NO2/c1-11-7-8-15-14(9-11)12(2)10-17(4,5)18(15)13(3)16(19)20-6/h7-10,13H,1-6H3/t13-/m1/s1. The summed E-state index contributed by atoms with van der Waals surface area (Å²) in [5.41, 5.74) is 4.54.